The first kappa shape index (κ1) is 24.1. The maximum absolute atomic E-state index is 15.1. The summed E-state index contributed by atoms with van der Waals surface area (Å²) in [7, 11) is -2.53. The number of aryl methyl sites for hydroxylation is 2. The Hall–Kier alpha value is -1.60. The van der Waals surface area contributed by atoms with Crippen molar-refractivity contribution in [3.05, 3.63) is 57.6 Å². The molecule has 0 saturated carbocycles. The molecule has 0 amide bonds. The summed E-state index contributed by atoms with van der Waals surface area (Å²) < 4.78 is 26.7. The van der Waals surface area contributed by atoms with Gasteiger partial charge in [0.25, 0.3) is 0 Å². The monoisotopic (exact) mass is 444 g/mol. The van der Waals surface area contributed by atoms with Gasteiger partial charge in [-0.1, -0.05) is 72.2 Å². The third-order valence-corrected chi connectivity index (χ3v) is 7.62. The van der Waals surface area contributed by atoms with Crippen LogP contribution in [0, 0.1) is 6.92 Å². The minimum Gasteiger partial charge on any atom is -0.414 e. The predicted octanol–water partition coefficient (Wildman–Crippen LogP) is 9.48. The van der Waals surface area contributed by atoms with Crippen LogP contribution in [0.25, 0.3) is 0 Å². The molecule has 31 heavy (non-hydrogen) atoms. The first-order chi connectivity index (χ1) is 14.8. The number of fused-ring (bicyclic) bond motifs is 2. The van der Waals surface area contributed by atoms with Gasteiger partial charge >= 0.3 is 8.69 Å². The van der Waals surface area contributed by atoms with Gasteiger partial charge in [0, 0.05) is 17.0 Å². The number of halogens is 1. The lowest BCUT2D eigenvalue weighted by molar-refractivity contribution is 0.420. The predicted molar refractivity (Wildman–Crippen MR) is 130 cm³/mol. The van der Waals surface area contributed by atoms with Gasteiger partial charge in [-0.3, -0.25) is 0 Å². The molecule has 1 aliphatic heterocycles. The van der Waals surface area contributed by atoms with E-state index in [1.807, 2.05) is 6.92 Å². The van der Waals surface area contributed by atoms with Crippen molar-refractivity contribution in [3.8, 4) is 11.5 Å². The second kappa shape index (κ2) is 10.3. The van der Waals surface area contributed by atoms with Crippen LogP contribution in [0.2, 0.25) is 0 Å². The molecule has 170 valence electrons. The van der Waals surface area contributed by atoms with Crippen LogP contribution < -0.4 is 9.05 Å². The second-order valence-corrected chi connectivity index (χ2v) is 9.98. The van der Waals surface area contributed by atoms with Crippen LogP contribution in [0.5, 0.6) is 11.5 Å². The van der Waals surface area contributed by atoms with Gasteiger partial charge < -0.3 is 9.05 Å². The van der Waals surface area contributed by atoms with Gasteiger partial charge in [-0.25, -0.2) is 0 Å². The minimum absolute atomic E-state index is 0.0702. The van der Waals surface area contributed by atoms with Crippen LogP contribution in [0.15, 0.2) is 24.3 Å². The van der Waals surface area contributed by atoms with E-state index < -0.39 is 8.69 Å². The first-order valence-electron chi connectivity index (χ1n) is 11.9. The highest BCUT2D eigenvalue weighted by Gasteiger charge is 2.31. The maximum Gasteiger partial charge on any atom is 0.505 e. The highest BCUT2D eigenvalue weighted by molar-refractivity contribution is 7.42. The third kappa shape index (κ3) is 5.08. The molecule has 0 N–H and O–H groups in total. The van der Waals surface area contributed by atoms with Crippen LogP contribution >= 0.6 is 8.69 Å². The van der Waals surface area contributed by atoms with E-state index in [2.05, 4.69) is 65.8 Å². The Labute approximate surface area is 189 Å². The van der Waals surface area contributed by atoms with Gasteiger partial charge in [-0.05, 0) is 66.7 Å². The van der Waals surface area contributed by atoms with Gasteiger partial charge in [0.15, 0.2) is 0 Å². The standard InChI is InChI=1S/C27H38FO2P/c1-8-11-12-21-14-23(18(5)10-3)16-25-20(7)24-15-22(17(4)9-2)13-19(6)26(24)29-31(28)30-27(21)25/h13-18,20H,8-12H2,1-7H3. The van der Waals surface area contributed by atoms with Crippen molar-refractivity contribution in [2.24, 2.45) is 0 Å². The Morgan fingerprint density at radius 3 is 2.03 bits per heavy atom. The molecule has 2 nitrogen and oxygen atoms in total. The molecule has 0 aromatic heterocycles. The van der Waals surface area contributed by atoms with E-state index in [9.17, 15) is 0 Å². The van der Waals surface area contributed by atoms with Gasteiger partial charge in [-0.15, -0.1) is 4.20 Å². The van der Waals surface area contributed by atoms with Gasteiger partial charge in [0.1, 0.15) is 11.5 Å². The summed E-state index contributed by atoms with van der Waals surface area (Å²) >= 11 is 0. The molecular formula is C27H38FO2P. The summed E-state index contributed by atoms with van der Waals surface area (Å²) in [5, 5.41) is 0. The van der Waals surface area contributed by atoms with E-state index in [1.165, 1.54) is 11.1 Å². The number of benzene rings is 2. The van der Waals surface area contributed by atoms with Crippen molar-refractivity contribution < 1.29 is 13.2 Å². The van der Waals surface area contributed by atoms with Crippen LogP contribution in [0.3, 0.4) is 0 Å². The van der Waals surface area contributed by atoms with Gasteiger partial charge in [0.2, 0.25) is 0 Å². The summed E-state index contributed by atoms with van der Waals surface area (Å²) in [6, 6.07) is 8.88. The quantitative estimate of drug-likeness (QED) is 0.396. The van der Waals surface area contributed by atoms with Crippen molar-refractivity contribution in [2.45, 2.75) is 98.3 Å². The summed E-state index contributed by atoms with van der Waals surface area (Å²) in [6.45, 7) is 15.4. The number of rotatable bonds is 7. The van der Waals surface area contributed by atoms with Crippen LogP contribution in [0.1, 0.15) is 118 Å². The summed E-state index contributed by atoms with van der Waals surface area (Å²) in [5.41, 5.74) is 6.90. The highest BCUT2D eigenvalue weighted by atomic mass is 31.2. The van der Waals surface area contributed by atoms with E-state index in [-0.39, 0.29) is 5.92 Å². The average molecular weight is 445 g/mol. The molecule has 2 aromatic rings. The normalized spacial score (nSPS) is 19.9. The molecule has 1 aliphatic rings. The molecular weight excluding hydrogens is 406 g/mol. The lowest BCUT2D eigenvalue weighted by atomic mass is 9.83. The van der Waals surface area contributed by atoms with Crippen LogP contribution in [-0.2, 0) is 6.42 Å². The Morgan fingerprint density at radius 1 is 0.903 bits per heavy atom. The molecule has 0 radical (unpaired) electrons. The molecule has 2 aromatic carbocycles. The molecule has 0 fully saturated rings. The van der Waals surface area contributed by atoms with Gasteiger partial charge in [0.05, 0.1) is 0 Å². The molecule has 3 rings (SSSR count). The van der Waals surface area contributed by atoms with Crippen LogP contribution in [0.4, 0.5) is 4.20 Å². The average Bonchev–Trinajstić information content (AvgIpc) is 2.76. The fourth-order valence-corrected chi connectivity index (χ4v) is 5.17. The van der Waals surface area contributed by atoms with E-state index in [0.717, 1.165) is 54.4 Å². The first-order valence-corrected chi connectivity index (χ1v) is 13.0. The zero-order valence-corrected chi connectivity index (χ0v) is 21.1. The van der Waals surface area contributed by atoms with E-state index in [1.54, 1.807) is 0 Å². The number of hydrogen-bond donors (Lipinski definition) is 0. The summed E-state index contributed by atoms with van der Waals surface area (Å²) in [6.07, 6.45) is 5.21. The second-order valence-electron chi connectivity index (χ2n) is 9.19. The van der Waals surface area contributed by atoms with E-state index in [0.29, 0.717) is 23.3 Å². The maximum atomic E-state index is 15.1. The number of hydrogen-bond acceptors (Lipinski definition) is 2. The molecule has 0 aliphatic carbocycles. The third-order valence-electron chi connectivity index (χ3n) is 6.96. The zero-order chi connectivity index (χ0) is 22.7. The molecule has 0 bridgehead atoms. The molecule has 0 spiro atoms. The molecule has 0 saturated heterocycles. The van der Waals surface area contributed by atoms with Gasteiger partial charge in [-0.2, -0.15) is 0 Å². The fraction of sp³-hybridized carbons (Fsp3) is 0.556. The minimum atomic E-state index is -2.53. The molecule has 1 heterocycles. The Bertz CT molecular complexity index is 911. The fourth-order valence-electron chi connectivity index (χ4n) is 4.37. The Balaban J connectivity index is 2.23. The topological polar surface area (TPSA) is 18.5 Å². The Morgan fingerprint density at radius 2 is 1.45 bits per heavy atom. The lowest BCUT2D eigenvalue weighted by Crippen LogP contribution is -2.11. The van der Waals surface area contributed by atoms with Crippen molar-refractivity contribution >= 4 is 8.69 Å². The SMILES string of the molecule is CCCCc1cc(C(C)CC)cc2c1OP(F)Oc1c(C)cc(C(C)CC)cc1C2C. The van der Waals surface area contributed by atoms with Crippen molar-refractivity contribution in [1.82, 2.24) is 0 Å². The summed E-state index contributed by atoms with van der Waals surface area (Å²) in [4.78, 5) is 0. The molecule has 4 unspecified atom stereocenters. The van der Waals surface area contributed by atoms with Crippen molar-refractivity contribution in [2.75, 3.05) is 0 Å². The number of unbranched alkanes of at least 4 members (excludes halogenated alkanes) is 1. The van der Waals surface area contributed by atoms with Crippen molar-refractivity contribution in [1.29, 1.82) is 0 Å². The Kier molecular flexibility index (Phi) is 8.03. The zero-order valence-electron chi connectivity index (χ0n) is 20.2. The van der Waals surface area contributed by atoms with Crippen LogP contribution in [-0.4, -0.2) is 0 Å². The van der Waals surface area contributed by atoms with Crippen molar-refractivity contribution in [3.63, 3.8) is 0 Å². The van der Waals surface area contributed by atoms with E-state index >= 15 is 4.20 Å². The highest BCUT2D eigenvalue weighted by Crippen LogP contribution is 2.53. The lowest BCUT2D eigenvalue weighted by Gasteiger charge is -2.29. The smallest absolute Gasteiger partial charge is 0.414 e. The molecule has 4 heteroatoms. The summed E-state index contributed by atoms with van der Waals surface area (Å²) in [5.74, 6) is 2.34. The molecule has 4 atom stereocenters. The van der Waals surface area contributed by atoms with E-state index in [4.69, 9.17) is 9.05 Å². The largest absolute Gasteiger partial charge is 0.505 e.